The second-order valence-electron chi connectivity index (χ2n) is 9.70. The van der Waals surface area contributed by atoms with Crippen LogP contribution in [0.2, 0.25) is 0 Å². The summed E-state index contributed by atoms with van der Waals surface area (Å²) in [7, 11) is 0.668. The molecular weight excluding hydrogens is 580 g/mol. The van der Waals surface area contributed by atoms with E-state index in [0.29, 0.717) is 25.9 Å². The van der Waals surface area contributed by atoms with Crippen LogP contribution in [0, 0.1) is 40.8 Å². The highest BCUT2D eigenvalue weighted by Crippen LogP contribution is 2.36. The Morgan fingerprint density at radius 2 is 1.12 bits per heavy atom. The average molecular weight is 607 g/mol. The van der Waals surface area contributed by atoms with Gasteiger partial charge in [-0.3, -0.25) is 0 Å². The molecule has 0 saturated carbocycles. The maximum Gasteiger partial charge on any atom is 0.388 e. The zero-order valence-electron chi connectivity index (χ0n) is 22.3. The van der Waals surface area contributed by atoms with Crippen molar-refractivity contribution >= 4 is 0 Å². The van der Waals surface area contributed by atoms with Crippen LogP contribution in [-0.4, -0.2) is 33.5 Å². The van der Waals surface area contributed by atoms with Crippen LogP contribution in [0.25, 0.3) is 0 Å². The van der Waals surface area contributed by atoms with Gasteiger partial charge in [0.25, 0.3) is 0 Å². The molecule has 42 heavy (non-hydrogen) atoms. The van der Waals surface area contributed by atoms with Gasteiger partial charge in [0.15, 0.2) is 30.0 Å². The Bertz CT molecular complexity index is 1330. The van der Waals surface area contributed by atoms with Gasteiger partial charge in [0.2, 0.25) is 0 Å². The van der Waals surface area contributed by atoms with Gasteiger partial charge in [-0.25, -0.2) is 26.3 Å². The summed E-state index contributed by atoms with van der Waals surface area (Å²) < 4.78 is 132. The predicted molar refractivity (Wildman–Crippen MR) is 131 cm³/mol. The Kier molecular flexibility index (Phi) is 10.2. The van der Waals surface area contributed by atoms with E-state index in [4.69, 9.17) is 18.9 Å². The molecule has 2 fully saturated rings. The summed E-state index contributed by atoms with van der Waals surface area (Å²) in [5, 5.41) is 0. The van der Waals surface area contributed by atoms with Gasteiger partial charge in [-0.1, -0.05) is 25.1 Å². The quantitative estimate of drug-likeness (QED) is 0.224. The SMILES string of the molecule is COC(F)(F)c1c(F)cc(C2OCC(C)CO2)cc1F.Fc1ccccc1C1COC(c2cc(F)c(F)c(F)c2)OC1. The second kappa shape index (κ2) is 13.5. The summed E-state index contributed by atoms with van der Waals surface area (Å²) in [6.07, 6.45) is -6.00. The first-order valence-corrected chi connectivity index (χ1v) is 12.7. The van der Waals surface area contributed by atoms with Crippen LogP contribution < -0.4 is 0 Å². The van der Waals surface area contributed by atoms with E-state index >= 15 is 0 Å². The van der Waals surface area contributed by atoms with Crippen molar-refractivity contribution in [3.8, 4) is 0 Å². The summed E-state index contributed by atoms with van der Waals surface area (Å²) in [4.78, 5) is 0. The number of rotatable bonds is 5. The van der Waals surface area contributed by atoms with Gasteiger partial charge in [-0.2, -0.15) is 8.78 Å². The van der Waals surface area contributed by atoms with E-state index in [9.17, 15) is 35.1 Å². The predicted octanol–water partition coefficient (Wildman–Crippen LogP) is 7.41. The van der Waals surface area contributed by atoms with Crippen LogP contribution >= 0.6 is 0 Å². The molecule has 2 heterocycles. The van der Waals surface area contributed by atoms with Crippen molar-refractivity contribution in [2.75, 3.05) is 33.5 Å². The smallest absolute Gasteiger partial charge is 0.348 e. The van der Waals surface area contributed by atoms with Gasteiger partial charge < -0.3 is 23.7 Å². The summed E-state index contributed by atoms with van der Waals surface area (Å²) in [6.45, 7) is 2.88. The molecule has 13 heteroatoms. The van der Waals surface area contributed by atoms with Gasteiger partial charge in [0.05, 0.1) is 26.4 Å². The van der Waals surface area contributed by atoms with Crippen molar-refractivity contribution in [1.82, 2.24) is 0 Å². The number of hydrogen-bond acceptors (Lipinski definition) is 5. The summed E-state index contributed by atoms with van der Waals surface area (Å²) in [5.41, 5.74) is -0.906. The highest BCUT2D eigenvalue weighted by Gasteiger charge is 2.39. The fourth-order valence-corrected chi connectivity index (χ4v) is 4.29. The number of alkyl halides is 2. The molecule has 0 N–H and O–H groups in total. The van der Waals surface area contributed by atoms with Crippen molar-refractivity contribution in [3.05, 3.63) is 106 Å². The minimum Gasteiger partial charge on any atom is -0.348 e. The molecule has 0 amide bonds. The molecule has 0 atom stereocenters. The number of hydrogen-bond donors (Lipinski definition) is 0. The minimum absolute atomic E-state index is 0.0163. The zero-order chi connectivity index (χ0) is 30.6. The molecule has 0 aliphatic carbocycles. The van der Waals surface area contributed by atoms with Gasteiger partial charge >= 0.3 is 6.11 Å². The Labute approximate surface area is 235 Å². The molecule has 2 saturated heterocycles. The molecule has 3 aromatic carbocycles. The van der Waals surface area contributed by atoms with Crippen LogP contribution in [0.5, 0.6) is 0 Å². The first kappa shape index (κ1) is 31.8. The average Bonchev–Trinajstić information content (AvgIpc) is 2.96. The topological polar surface area (TPSA) is 46.2 Å². The maximum atomic E-state index is 13.7. The largest absolute Gasteiger partial charge is 0.388 e. The van der Waals surface area contributed by atoms with E-state index in [2.05, 4.69) is 4.74 Å². The van der Waals surface area contributed by atoms with E-state index < -0.39 is 53.3 Å². The van der Waals surface area contributed by atoms with Crippen LogP contribution in [0.4, 0.5) is 35.1 Å². The van der Waals surface area contributed by atoms with Crippen molar-refractivity contribution in [2.45, 2.75) is 31.5 Å². The first-order chi connectivity index (χ1) is 19.9. The van der Waals surface area contributed by atoms with E-state index in [1.165, 1.54) is 6.07 Å². The van der Waals surface area contributed by atoms with E-state index in [-0.39, 0.29) is 42.0 Å². The normalized spacial score (nSPS) is 22.8. The van der Waals surface area contributed by atoms with E-state index in [0.717, 1.165) is 24.3 Å². The van der Waals surface area contributed by atoms with Crippen molar-refractivity contribution in [1.29, 1.82) is 0 Å². The number of halogens is 8. The molecule has 5 rings (SSSR count). The third-order valence-electron chi connectivity index (χ3n) is 6.47. The molecule has 2 aliphatic rings. The molecule has 5 nitrogen and oxygen atoms in total. The molecule has 2 aliphatic heterocycles. The van der Waals surface area contributed by atoms with Crippen LogP contribution in [0.1, 0.15) is 47.7 Å². The molecule has 0 radical (unpaired) electrons. The summed E-state index contributed by atoms with van der Waals surface area (Å²) in [6, 6.07) is 9.44. The van der Waals surface area contributed by atoms with E-state index in [1.807, 2.05) is 6.92 Å². The van der Waals surface area contributed by atoms with Gasteiger partial charge in [-0.05, 0) is 35.9 Å². The van der Waals surface area contributed by atoms with Gasteiger partial charge in [0, 0.05) is 30.1 Å². The second-order valence-corrected chi connectivity index (χ2v) is 9.70. The molecule has 0 aromatic heterocycles. The minimum atomic E-state index is -4.03. The third kappa shape index (κ3) is 7.27. The summed E-state index contributed by atoms with van der Waals surface area (Å²) >= 11 is 0. The molecule has 228 valence electrons. The highest BCUT2D eigenvalue weighted by atomic mass is 19.3. The Hall–Kier alpha value is -3.10. The molecule has 3 aromatic rings. The van der Waals surface area contributed by atoms with Gasteiger partial charge in [0.1, 0.15) is 23.0 Å². The Balaban J connectivity index is 0.000000194. The van der Waals surface area contributed by atoms with Gasteiger partial charge in [-0.15, -0.1) is 0 Å². The standard InChI is InChI=1S/C16H12F4O2.C13H14F4O3/c17-12-4-2-1-3-11(12)10-7-21-16(22-8-10)9-5-13(18)15(20)14(19)6-9;1-7-5-19-12(20-6-7)8-3-9(14)11(10(15)4-8)13(16,17)18-2/h1-6,10,16H,7-8H2;3-4,7,12H,5-6H2,1-2H3. The van der Waals surface area contributed by atoms with Crippen molar-refractivity contribution in [2.24, 2.45) is 5.92 Å². The van der Waals surface area contributed by atoms with E-state index in [1.54, 1.807) is 18.2 Å². The Morgan fingerprint density at radius 3 is 1.60 bits per heavy atom. The van der Waals surface area contributed by atoms with Crippen molar-refractivity contribution in [3.63, 3.8) is 0 Å². The fraction of sp³-hybridized carbons (Fsp3) is 0.379. The lowest BCUT2D eigenvalue weighted by molar-refractivity contribution is -0.235. The number of ether oxygens (including phenoxy) is 5. The molecule has 0 bridgehead atoms. The van der Waals surface area contributed by atoms with Crippen LogP contribution in [0.3, 0.4) is 0 Å². The lowest BCUT2D eigenvalue weighted by Gasteiger charge is -2.30. The van der Waals surface area contributed by atoms with Crippen LogP contribution in [0.15, 0.2) is 48.5 Å². The third-order valence-corrected chi connectivity index (χ3v) is 6.47. The number of benzene rings is 3. The van der Waals surface area contributed by atoms with Crippen LogP contribution in [-0.2, 0) is 29.8 Å². The highest BCUT2D eigenvalue weighted by molar-refractivity contribution is 5.29. The first-order valence-electron chi connectivity index (χ1n) is 12.7. The zero-order valence-corrected chi connectivity index (χ0v) is 22.3. The fourth-order valence-electron chi connectivity index (χ4n) is 4.29. The molecule has 0 spiro atoms. The number of methoxy groups -OCH3 is 1. The van der Waals surface area contributed by atoms with Crippen molar-refractivity contribution < 1.29 is 58.8 Å². The molecule has 0 unspecified atom stereocenters. The molecular formula is C29H26F8O5. The maximum absolute atomic E-state index is 13.7. The monoisotopic (exact) mass is 606 g/mol. The Morgan fingerprint density at radius 1 is 0.667 bits per heavy atom. The lowest BCUT2D eigenvalue weighted by Crippen LogP contribution is -2.26. The summed E-state index contributed by atoms with van der Waals surface area (Å²) in [5.74, 6) is -7.47. The lowest BCUT2D eigenvalue weighted by atomic mass is 9.99.